The van der Waals surface area contributed by atoms with Gasteiger partial charge in [0.2, 0.25) is 5.91 Å². The molecule has 0 spiro atoms. The minimum atomic E-state index is 0.0347. The van der Waals surface area contributed by atoms with Crippen LogP contribution in [0, 0.1) is 0 Å². The lowest BCUT2D eigenvalue weighted by atomic mass is 10.2. The maximum atomic E-state index is 11.5. The molecule has 0 unspecified atom stereocenters. The predicted octanol–water partition coefficient (Wildman–Crippen LogP) is 1.75. The minimum Gasteiger partial charge on any atom is -0.352 e. The molecule has 0 aliphatic heterocycles. The third-order valence-electron chi connectivity index (χ3n) is 2.31. The van der Waals surface area contributed by atoms with E-state index in [-0.39, 0.29) is 5.91 Å². The van der Waals surface area contributed by atoms with Crippen LogP contribution in [0.5, 0.6) is 0 Å². The summed E-state index contributed by atoms with van der Waals surface area (Å²) in [5.74, 6) is 0.0347. The largest absolute Gasteiger partial charge is 0.352 e. The van der Waals surface area contributed by atoms with Crippen molar-refractivity contribution in [3.8, 4) is 0 Å². The predicted molar refractivity (Wildman–Crippen MR) is 63.9 cm³/mol. The Kier molecular flexibility index (Phi) is 5.32. The summed E-state index contributed by atoms with van der Waals surface area (Å²) in [6.07, 6.45) is 9.21. The zero-order valence-electron chi connectivity index (χ0n) is 9.94. The summed E-state index contributed by atoms with van der Waals surface area (Å²) in [5, 5.41) is 2.89. The fourth-order valence-electron chi connectivity index (χ4n) is 1.42. The fourth-order valence-corrected chi connectivity index (χ4v) is 1.42. The fraction of sp³-hybridized carbons (Fsp3) is 0.500. The van der Waals surface area contributed by atoms with Gasteiger partial charge in [0, 0.05) is 31.1 Å². The van der Waals surface area contributed by atoms with Crippen molar-refractivity contribution >= 4 is 5.91 Å². The lowest BCUT2D eigenvalue weighted by Gasteiger charge is -2.05. The summed E-state index contributed by atoms with van der Waals surface area (Å²) in [7, 11) is 0. The third kappa shape index (κ3) is 4.29. The van der Waals surface area contributed by atoms with E-state index in [1.807, 2.05) is 30.7 Å². The standard InChI is InChI=1S/C12H19N3O/c1-3-5-11(2)12(16)14-6-4-8-15-9-7-13-10-15/h5,7,9-10H,3-4,6,8H2,1-2H3,(H,14,16)/b11-5-. The lowest BCUT2D eigenvalue weighted by Crippen LogP contribution is -2.25. The number of amides is 1. The van der Waals surface area contributed by atoms with Crippen molar-refractivity contribution < 1.29 is 4.79 Å². The molecule has 4 heteroatoms. The van der Waals surface area contributed by atoms with E-state index in [1.165, 1.54) is 0 Å². The van der Waals surface area contributed by atoms with E-state index >= 15 is 0 Å². The number of aromatic nitrogens is 2. The van der Waals surface area contributed by atoms with E-state index in [9.17, 15) is 4.79 Å². The average Bonchev–Trinajstić information content (AvgIpc) is 2.77. The van der Waals surface area contributed by atoms with E-state index in [4.69, 9.17) is 0 Å². The second-order valence-electron chi connectivity index (χ2n) is 3.71. The molecular weight excluding hydrogens is 202 g/mol. The van der Waals surface area contributed by atoms with Crippen molar-refractivity contribution in [2.75, 3.05) is 6.54 Å². The second-order valence-corrected chi connectivity index (χ2v) is 3.71. The Morgan fingerprint density at radius 1 is 1.56 bits per heavy atom. The van der Waals surface area contributed by atoms with Gasteiger partial charge in [-0.15, -0.1) is 0 Å². The highest BCUT2D eigenvalue weighted by Gasteiger charge is 2.01. The Bertz CT molecular complexity index is 341. The Labute approximate surface area is 96.4 Å². The van der Waals surface area contributed by atoms with Gasteiger partial charge in [-0.1, -0.05) is 13.0 Å². The lowest BCUT2D eigenvalue weighted by molar-refractivity contribution is -0.117. The van der Waals surface area contributed by atoms with Gasteiger partial charge in [0.15, 0.2) is 0 Å². The number of nitrogens with one attached hydrogen (secondary N) is 1. The molecular formula is C12H19N3O. The van der Waals surface area contributed by atoms with Crippen molar-refractivity contribution in [2.24, 2.45) is 0 Å². The van der Waals surface area contributed by atoms with Crippen molar-refractivity contribution in [2.45, 2.75) is 33.2 Å². The van der Waals surface area contributed by atoms with Crippen LogP contribution in [0.3, 0.4) is 0 Å². The van der Waals surface area contributed by atoms with Gasteiger partial charge < -0.3 is 9.88 Å². The first-order valence-corrected chi connectivity index (χ1v) is 5.64. The molecule has 0 radical (unpaired) electrons. The summed E-state index contributed by atoms with van der Waals surface area (Å²) in [5.41, 5.74) is 0.796. The van der Waals surface area contributed by atoms with Crippen molar-refractivity contribution in [3.63, 3.8) is 0 Å². The van der Waals surface area contributed by atoms with Crippen LogP contribution in [-0.4, -0.2) is 22.0 Å². The van der Waals surface area contributed by atoms with Gasteiger partial charge in [-0.2, -0.15) is 0 Å². The van der Waals surface area contributed by atoms with Gasteiger partial charge >= 0.3 is 0 Å². The van der Waals surface area contributed by atoms with Gasteiger partial charge in [0.25, 0.3) is 0 Å². The van der Waals surface area contributed by atoms with Crippen molar-refractivity contribution in [1.29, 1.82) is 0 Å². The number of imidazole rings is 1. The Morgan fingerprint density at radius 3 is 3.00 bits per heavy atom. The van der Waals surface area contributed by atoms with Crippen LogP contribution in [0.2, 0.25) is 0 Å². The van der Waals surface area contributed by atoms with E-state index in [1.54, 1.807) is 12.5 Å². The van der Waals surface area contributed by atoms with E-state index < -0.39 is 0 Å². The molecule has 0 atom stereocenters. The van der Waals surface area contributed by atoms with Crippen LogP contribution in [0.1, 0.15) is 26.7 Å². The third-order valence-corrected chi connectivity index (χ3v) is 2.31. The van der Waals surface area contributed by atoms with Gasteiger partial charge in [0.1, 0.15) is 0 Å². The monoisotopic (exact) mass is 221 g/mol. The minimum absolute atomic E-state index is 0.0347. The van der Waals surface area contributed by atoms with Gasteiger partial charge in [-0.3, -0.25) is 4.79 Å². The molecule has 1 amide bonds. The Balaban J connectivity index is 2.16. The van der Waals surface area contributed by atoms with Crippen molar-refractivity contribution in [3.05, 3.63) is 30.4 Å². The molecule has 0 aromatic carbocycles. The smallest absolute Gasteiger partial charge is 0.246 e. The van der Waals surface area contributed by atoms with Crippen LogP contribution >= 0.6 is 0 Å². The molecule has 0 fully saturated rings. The highest BCUT2D eigenvalue weighted by Crippen LogP contribution is 1.95. The van der Waals surface area contributed by atoms with Crippen LogP contribution in [0.15, 0.2) is 30.4 Å². The molecule has 1 heterocycles. The number of aryl methyl sites for hydroxylation is 1. The number of rotatable bonds is 6. The summed E-state index contributed by atoms with van der Waals surface area (Å²) < 4.78 is 2.00. The molecule has 4 nitrogen and oxygen atoms in total. The molecule has 1 aromatic heterocycles. The zero-order chi connectivity index (χ0) is 11.8. The molecule has 0 aliphatic carbocycles. The maximum Gasteiger partial charge on any atom is 0.246 e. The summed E-state index contributed by atoms with van der Waals surface area (Å²) in [6, 6.07) is 0. The molecule has 0 bridgehead atoms. The molecule has 1 rings (SSSR count). The molecule has 16 heavy (non-hydrogen) atoms. The zero-order valence-corrected chi connectivity index (χ0v) is 9.94. The highest BCUT2D eigenvalue weighted by molar-refractivity contribution is 5.92. The van der Waals surface area contributed by atoms with Crippen LogP contribution in [-0.2, 0) is 11.3 Å². The molecule has 0 saturated heterocycles. The number of allylic oxidation sites excluding steroid dienone is 1. The molecule has 0 aliphatic rings. The number of hydrogen-bond donors (Lipinski definition) is 1. The first kappa shape index (κ1) is 12.5. The Morgan fingerprint density at radius 2 is 2.38 bits per heavy atom. The first-order valence-electron chi connectivity index (χ1n) is 5.64. The summed E-state index contributed by atoms with van der Waals surface area (Å²) >= 11 is 0. The van der Waals surface area contributed by atoms with Gasteiger partial charge in [-0.25, -0.2) is 4.98 Å². The number of carbonyl (C=O) groups excluding carboxylic acids is 1. The van der Waals surface area contributed by atoms with E-state index in [2.05, 4.69) is 10.3 Å². The quantitative estimate of drug-likeness (QED) is 0.587. The van der Waals surface area contributed by atoms with Crippen LogP contribution in [0.25, 0.3) is 0 Å². The average molecular weight is 221 g/mol. The number of nitrogens with zero attached hydrogens (tertiary/aromatic N) is 2. The van der Waals surface area contributed by atoms with Gasteiger partial charge in [-0.05, 0) is 19.8 Å². The Hall–Kier alpha value is -1.58. The SMILES string of the molecule is CC/C=C(/C)C(=O)NCCCn1ccnc1. The number of hydrogen-bond acceptors (Lipinski definition) is 2. The van der Waals surface area contributed by atoms with Gasteiger partial charge in [0.05, 0.1) is 6.33 Å². The van der Waals surface area contributed by atoms with Crippen LogP contribution in [0.4, 0.5) is 0 Å². The first-order chi connectivity index (χ1) is 7.74. The van der Waals surface area contributed by atoms with Crippen molar-refractivity contribution in [1.82, 2.24) is 14.9 Å². The number of carbonyl (C=O) groups is 1. The van der Waals surface area contributed by atoms with E-state index in [0.717, 1.165) is 25.0 Å². The molecule has 1 aromatic rings. The topological polar surface area (TPSA) is 46.9 Å². The molecule has 88 valence electrons. The summed E-state index contributed by atoms with van der Waals surface area (Å²) in [6.45, 7) is 5.45. The maximum absolute atomic E-state index is 11.5. The molecule has 0 saturated carbocycles. The molecule has 1 N–H and O–H groups in total. The van der Waals surface area contributed by atoms with E-state index in [0.29, 0.717) is 6.54 Å². The normalized spacial score (nSPS) is 11.5. The summed E-state index contributed by atoms with van der Waals surface area (Å²) in [4.78, 5) is 15.5. The second kappa shape index (κ2) is 6.82. The van der Waals surface area contributed by atoms with Crippen LogP contribution < -0.4 is 5.32 Å². The highest BCUT2D eigenvalue weighted by atomic mass is 16.1.